The SMILES string of the molecule is Cc1cc(C#N)cc(NCc2cccc3ccccc23)n1. The summed E-state index contributed by atoms with van der Waals surface area (Å²) in [6.45, 7) is 2.58. The van der Waals surface area contributed by atoms with Gasteiger partial charge < -0.3 is 5.32 Å². The van der Waals surface area contributed by atoms with E-state index in [2.05, 4.69) is 46.7 Å². The Morgan fingerprint density at radius 2 is 1.90 bits per heavy atom. The van der Waals surface area contributed by atoms with Gasteiger partial charge in [-0.05, 0) is 35.4 Å². The van der Waals surface area contributed by atoms with Gasteiger partial charge in [-0.1, -0.05) is 42.5 Å². The molecular formula is C18H15N3. The quantitative estimate of drug-likeness (QED) is 0.783. The fraction of sp³-hybridized carbons (Fsp3) is 0.111. The van der Waals surface area contributed by atoms with Gasteiger partial charge in [-0.15, -0.1) is 0 Å². The molecule has 1 aromatic heterocycles. The zero-order valence-corrected chi connectivity index (χ0v) is 11.8. The van der Waals surface area contributed by atoms with Crippen molar-refractivity contribution in [2.45, 2.75) is 13.5 Å². The summed E-state index contributed by atoms with van der Waals surface area (Å²) in [5, 5.41) is 14.8. The molecule has 0 radical (unpaired) electrons. The number of fused-ring (bicyclic) bond motifs is 1. The minimum absolute atomic E-state index is 0.628. The molecule has 102 valence electrons. The van der Waals surface area contributed by atoms with E-state index in [0.29, 0.717) is 12.1 Å². The predicted molar refractivity (Wildman–Crippen MR) is 85.0 cm³/mol. The van der Waals surface area contributed by atoms with Gasteiger partial charge in [0.1, 0.15) is 5.82 Å². The molecule has 0 fully saturated rings. The first kappa shape index (κ1) is 13.1. The minimum Gasteiger partial charge on any atom is -0.366 e. The topological polar surface area (TPSA) is 48.7 Å². The highest BCUT2D eigenvalue weighted by atomic mass is 15.0. The summed E-state index contributed by atoms with van der Waals surface area (Å²) in [5.41, 5.74) is 2.69. The molecule has 3 nitrogen and oxygen atoms in total. The Kier molecular flexibility index (Phi) is 3.53. The second-order valence-electron chi connectivity index (χ2n) is 4.99. The summed E-state index contributed by atoms with van der Waals surface area (Å²) in [6.07, 6.45) is 0. The largest absolute Gasteiger partial charge is 0.366 e. The van der Waals surface area contributed by atoms with Crippen LogP contribution in [0.5, 0.6) is 0 Å². The van der Waals surface area contributed by atoms with E-state index in [4.69, 9.17) is 5.26 Å². The van der Waals surface area contributed by atoms with Crippen molar-refractivity contribution in [3.63, 3.8) is 0 Å². The molecule has 3 rings (SSSR count). The first-order chi connectivity index (χ1) is 10.3. The molecule has 0 bridgehead atoms. The van der Waals surface area contributed by atoms with E-state index < -0.39 is 0 Å². The van der Waals surface area contributed by atoms with Crippen molar-refractivity contribution in [2.75, 3.05) is 5.32 Å². The molecular weight excluding hydrogens is 258 g/mol. The number of benzene rings is 2. The third-order valence-corrected chi connectivity index (χ3v) is 3.42. The van der Waals surface area contributed by atoms with Gasteiger partial charge in [0.25, 0.3) is 0 Å². The number of nitriles is 1. The fourth-order valence-electron chi connectivity index (χ4n) is 2.46. The highest BCUT2D eigenvalue weighted by Gasteiger charge is 2.02. The number of hydrogen-bond acceptors (Lipinski definition) is 3. The number of anilines is 1. The van der Waals surface area contributed by atoms with Gasteiger partial charge in [0.2, 0.25) is 0 Å². The van der Waals surface area contributed by atoms with Gasteiger partial charge in [0.15, 0.2) is 0 Å². The van der Waals surface area contributed by atoms with Crippen molar-refractivity contribution in [3.8, 4) is 6.07 Å². The molecule has 2 aromatic carbocycles. The maximum atomic E-state index is 9.01. The Bertz CT molecular complexity index is 826. The number of nitrogens with zero attached hydrogens (tertiary/aromatic N) is 2. The molecule has 1 N–H and O–H groups in total. The third kappa shape index (κ3) is 2.85. The van der Waals surface area contributed by atoms with E-state index in [1.807, 2.05) is 19.1 Å². The second kappa shape index (κ2) is 5.64. The summed E-state index contributed by atoms with van der Waals surface area (Å²) >= 11 is 0. The van der Waals surface area contributed by atoms with Gasteiger partial charge in [0.05, 0.1) is 11.6 Å². The molecule has 0 aliphatic heterocycles. The van der Waals surface area contributed by atoms with E-state index in [9.17, 15) is 0 Å². The maximum absolute atomic E-state index is 9.01. The molecule has 0 aliphatic carbocycles. The van der Waals surface area contributed by atoms with Crippen molar-refractivity contribution in [1.82, 2.24) is 4.98 Å². The van der Waals surface area contributed by atoms with Gasteiger partial charge in [0, 0.05) is 12.2 Å². The lowest BCUT2D eigenvalue weighted by Crippen LogP contribution is -2.03. The van der Waals surface area contributed by atoms with Gasteiger partial charge in [-0.2, -0.15) is 5.26 Å². The first-order valence-corrected chi connectivity index (χ1v) is 6.85. The summed E-state index contributed by atoms with van der Waals surface area (Å²) in [6, 6.07) is 20.3. The highest BCUT2D eigenvalue weighted by Crippen LogP contribution is 2.19. The van der Waals surface area contributed by atoms with Crippen molar-refractivity contribution < 1.29 is 0 Å². The van der Waals surface area contributed by atoms with Crippen molar-refractivity contribution in [3.05, 3.63) is 71.4 Å². The van der Waals surface area contributed by atoms with Crippen LogP contribution in [0.3, 0.4) is 0 Å². The average Bonchev–Trinajstić information content (AvgIpc) is 2.52. The van der Waals surface area contributed by atoms with Crippen molar-refractivity contribution >= 4 is 16.6 Å². The lowest BCUT2D eigenvalue weighted by Gasteiger charge is -2.09. The minimum atomic E-state index is 0.628. The van der Waals surface area contributed by atoms with Crippen LogP contribution in [0.4, 0.5) is 5.82 Å². The van der Waals surface area contributed by atoms with Gasteiger partial charge in [-0.3, -0.25) is 0 Å². The lowest BCUT2D eigenvalue weighted by atomic mass is 10.0. The van der Waals surface area contributed by atoms with E-state index in [1.54, 1.807) is 12.1 Å². The average molecular weight is 273 g/mol. The zero-order valence-electron chi connectivity index (χ0n) is 11.8. The molecule has 1 heterocycles. The number of hydrogen-bond donors (Lipinski definition) is 1. The summed E-state index contributed by atoms with van der Waals surface area (Å²) in [4.78, 5) is 4.41. The van der Waals surface area contributed by atoms with E-state index in [1.165, 1.54) is 16.3 Å². The van der Waals surface area contributed by atoms with E-state index in [-0.39, 0.29) is 0 Å². The van der Waals surface area contributed by atoms with Gasteiger partial charge in [-0.25, -0.2) is 4.98 Å². The molecule has 0 saturated carbocycles. The Morgan fingerprint density at radius 3 is 2.76 bits per heavy atom. The van der Waals surface area contributed by atoms with Crippen LogP contribution in [0.25, 0.3) is 10.8 Å². The first-order valence-electron chi connectivity index (χ1n) is 6.85. The molecule has 3 aromatic rings. The third-order valence-electron chi connectivity index (χ3n) is 3.42. The fourth-order valence-corrected chi connectivity index (χ4v) is 2.46. The van der Waals surface area contributed by atoms with Crippen LogP contribution in [0.1, 0.15) is 16.8 Å². The maximum Gasteiger partial charge on any atom is 0.127 e. The Balaban J connectivity index is 1.87. The van der Waals surface area contributed by atoms with Crippen molar-refractivity contribution in [1.29, 1.82) is 5.26 Å². The van der Waals surface area contributed by atoms with Crippen LogP contribution < -0.4 is 5.32 Å². The molecule has 0 aliphatic rings. The molecule has 0 unspecified atom stereocenters. The Hall–Kier alpha value is -2.86. The molecule has 21 heavy (non-hydrogen) atoms. The summed E-state index contributed by atoms with van der Waals surface area (Å²) < 4.78 is 0. The van der Waals surface area contributed by atoms with Crippen LogP contribution >= 0.6 is 0 Å². The van der Waals surface area contributed by atoms with Gasteiger partial charge >= 0.3 is 0 Å². The molecule has 0 saturated heterocycles. The Morgan fingerprint density at radius 1 is 1.10 bits per heavy atom. The van der Waals surface area contributed by atoms with Crippen LogP contribution in [-0.2, 0) is 6.54 Å². The highest BCUT2D eigenvalue weighted by molar-refractivity contribution is 5.85. The number of aryl methyl sites for hydroxylation is 1. The normalized spacial score (nSPS) is 10.3. The number of pyridine rings is 1. The van der Waals surface area contributed by atoms with E-state index >= 15 is 0 Å². The summed E-state index contributed by atoms with van der Waals surface area (Å²) in [7, 11) is 0. The van der Waals surface area contributed by atoms with Crippen LogP contribution in [-0.4, -0.2) is 4.98 Å². The van der Waals surface area contributed by atoms with Crippen molar-refractivity contribution in [2.24, 2.45) is 0 Å². The standard InChI is InChI=1S/C18H15N3/c1-13-9-14(11-19)10-18(21-13)20-12-16-7-4-6-15-5-2-3-8-17(15)16/h2-10H,12H2,1H3,(H,20,21). The molecule has 3 heteroatoms. The van der Waals surface area contributed by atoms with E-state index in [0.717, 1.165) is 11.5 Å². The monoisotopic (exact) mass is 273 g/mol. The van der Waals surface area contributed by atoms with Crippen LogP contribution in [0.2, 0.25) is 0 Å². The zero-order chi connectivity index (χ0) is 14.7. The Labute approximate surface area is 123 Å². The van der Waals surface area contributed by atoms with Crippen LogP contribution in [0.15, 0.2) is 54.6 Å². The number of aromatic nitrogens is 1. The number of rotatable bonds is 3. The summed E-state index contributed by atoms with van der Waals surface area (Å²) in [5.74, 6) is 0.736. The smallest absolute Gasteiger partial charge is 0.127 e. The molecule has 0 amide bonds. The molecule has 0 spiro atoms. The lowest BCUT2D eigenvalue weighted by molar-refractivity contribution is 1.10. The number of nitrogens with one attached hydrogen (secondary N) is 1. The van der Waals surface area contributed by atoms with Crippen LogP contribution in [0, 0.1) is 18.3 Å². The second-order valence-corrected chi connectivity index (χ2v) is 4.99. The predicted octanol–water partition coefficient (Wildman–Crippen LogP) is 4.03. The molecule has 0 atom stereocenters.